The molecule has 0 aromatic carbocycles. The molecular formula is C7H12O2. The number of hydrogen-bond donors (Lipinski definition) is 0. The molecule has 0 aromatic heterocycles. The first-order chi connectivity index (χ1) is 4.33. The molecule has 1 atom stereocenters. The second kappa shape index (κ2) is 2.48. The highest BCUT2D eigenvalue weighted by Crippen LogP contribution is 2.26. The Kier molecular flexibility index (Phi) is 1.86. The Morgan fingerprint density at radius 1 is 1.78 bits per heavy atom. The van der Waals surface area contributed by atoms with E-state index in [0.29, 0.717) is 0 Å². The Labute approximate surface area is 55.2 Å². The fourth-order valence-corrected chi connectivity index (χ4v) is 1.17. The average molecular weight is 128 g/mol. The van der Waals surface area contributed by atoms with Crippen molar-refractivity contribution in [1.29, 1.82) is 0 Å². The van der Waals surface area contributed by atoms with Crippen LogP contribution in [0.2, 0.25) is 0 Å². The van der Waals surface area contributed by atoms with Crippen LogP contribution in [0.15, 0.2) is 0 Å². The summed E-state index contributed by atoms with van der Waals surface area (Å²) in [5.74, 6) is 0. The first-order valence-electron chi connectivity index (χ1n) is 3.43. The Bertz CT molecular complexity index is 103. The average Bonchev–Trinajstić information content (AvgIpc) is 2.36. The van der Waals surface area contributed by atoms with Gasteiger partial charge in [0.1, 0.15) is 5.60 Å². The van der Waals surface area contributed by atoms with Gasteiger partial charge in [0, 0.05) is 6.61 Å². The second-order valence-electron chi connectivity index (χ2n) is 2.49. The molecule has 52 valence electrons. The van der Waals surface area contributed by atoms with Gasteiger partial charge in [-0.05, 0) is 19.3 Å². The van der Waals surface area contributed by atoms with Gasteiger partial charge in [0.2, 0.25) is 0 Å². The van der Waals surface area contributed by atoms with Crippen LogP contribution in [0, 0.1) is 0 Å². The molecule has 1 unspecified atom stereocenters. The third-order valence-corrected chi connectivity index (χ3v) is 1.95. The number of aldehydes is 1. The largest absolute Gasteiger partial charge is 0.368 e. The minimum absolute atomic E-state index is 0.403. The van der Waals surface area contributed by atoms with Gasteiger partial charge < -0.3 is 9.53 Å². The van der Waals surface area contributed by atoms with Gasteiger partial charge in [0.05, 0.1) is 0 Å². The SMILES string of the molecule is CCC1(C=O)CCCO1. The minimum atomic E-state index is -0.403. The zero-order valence-corrected chi connectivity index (χ0v) is 5.72. The maximum atomic E-state index is 10.4. The molecule has 0 N–H and O–H groups in total. The van der Waals surface area contributed by atoms with E-state index in [9.17, 15) is 4.79 Å². The third kappa shape index (κ3) is 1.13. The van der Waals surface area contributed by atoms with Crippen molar-refractivity contribution in [2.24, 2.45) is 0 Å². The molecule has 0 spiro atoms. The molecule has 0 saturated carbocycles. The summed E-state index contributed by atoms with van der Waals surface area (Å²) >= 11 is 0. The minimum Gasteiger partial charge on any atom is -0.368 e. The number of hydrogen-bond acceptors (Lipinski definition) is 2. The lowest BCUT2D eigenvalue weighted by Crippen LogP contribution is -2.28. The topological polar surface area (TPSA) is 26.3 Å². The van der Waals surface area contributed by atoms with E-state index >= 15 is 0 Å². The van der Waals surface area contributed by atoms with Crippen molar-refractivity contribution in [1.82, 2.24) is 0 Å². The third-order valence-electron chi connectivity index (χ3n) is 1.95. The lowest BCUT2D eigenvalue weighted by molar-refractivity contribution is -0.125. The molecule has 0 radical (unpaired) electrons. The zero-order chi connectivity index (χ0) is 6.74. The smallest absolute Gasteiger partial charge is 0.151 e. The van der Waals surface area contributed by atoms with Gasteiger partial charge in [-0.25, -0.2) is 0 Å². The predicted octanol–water partition coefficient (Wildman–Crippen LogP) is 1.14. The van der Waals surface area contributed by atoms with Crippen molar-refractivity contribution in [2.75, 3.05) is 6.61 Å². The summed E-state index contributed by atoms with van der Waals surface area (Å²) in [5, 5.41) is 0. The van der Waals surface area contributed by atoms with Crippen LogP contribution in [0.4, 0.5) is 0 Å². The Morgan fingerprint density at radius 2 is 2.56 bits per heavy atom. The Balaban J connectivity index is 2.55. The molecule has 0 aromatic rings. The first-order valence-corrected chi connectivity index (χ1v) is 3.43. The van der Waals surface area contributed by atoms with Gasteiger partial charge >= 0.3 is 0 Å². The summed E-state index contributed by atoms with van der Waals surface area (Å²) in [7, 11) is 0. The normalized spacial score (nSPS) is 34.8. The molecule has 0 aliphatic carbocycles. The van der Waals surface area contributed by atoms with Crippen LogP contribution < -0.4 is 0 Å². The van der Waals surface area contributed by atoms with E-state index in [1.54, 1.807) is 0 Å². The van der Waals surface area contributed by atoms with E-state index in [4.69, 9.17) is 4.74 Å². The van der Waals surface area contributed by atoms with Crippen molar-refractivity contribution in [3.8, 4) is 0 Å². The maximum absolute atomic E-state index is 10.4. The standard InChI is InChI=1S/C7H12O2/c1-2-7(6-8)4-3-5-9-7/h6H,2-5H2,1H3. The molecule has 2 nitrogen and oxygen atoms in total. The number of carbonyl (C=O) groups is 1. The molecule has 0 amide bonds. The summed E-state index contributed by atoms with van der Waals surface area (Å²) in [4.78, 5) is 10.4. The highest BCUT2D eigenvalue weighted by atomic mass is 16.5. The van der Waals surface area contributed by atoms with E-state index in [1.807, 2.05) is 6.92 Å². The molecule has 1 fully saturated rings. The molecule has 0 bridgehead atoms. The fourth-order valence-electron chi connectivity index (χ4n) is 1.17. The molecule has 1 heterocycles. The molecular weight excluding hydrogens is 116 g/mol. The fraction of sp³-hybridized carbons (Fsp3) is 0.857. The molecule has 9 heavy (non-hydrogen) atoms. The van der Waals surface area contributed by atoms with Crippen molar-refractivity contribution in [3.05, 3.63) is 0 Å². The maximum Gasteiger partial charge on any atom is 0.151 e. The Hall–Kier alpha value is -0.370. The molecule has 2 heteroatoms. The van der Waals surface area contributed by atoms with E-state index in [-0.39, 0.29) is 0 Å². The number of carbonyl (C=O) groups excluding carboxylic acids is 1. The summed E-state index contributed by atoms with van der Waals surface area (Å²) in [5.41, 5.74) is -0.403. The van der Waals surface area contributed by atoms with Gasteiger partial charge in [0.15, 0.2) is 6.29 Å². The summed E-state index contributed by atoms with van der Waals surface area (Å²) in [6.07, 6.45) is 3.70. The molecule has 1 aliphatic heterocycles. The summed E-state index contributed by atoms with van der Waals surface area (Å²) in [6, 6.07) is 0. The van der Waals surface area contributed by atoms with Crippen LogP contribution in [0.1, 0.15) is 26.2 Å². The van der Waals surface area contributed by atoms with Crippen LogP contribution in [0.3, 0.4) is 0 Å². The van der Waals surface area contributed by atoms with Crippen molar-refractivity contribution in [3.63, 3.8) is 0 Å². The number of ether oxygens (including phenoxy) is 1. The van der Waals surface area contributed by atoms with E-state index < -0.39 is 5.60 Å². The van der Waals surface area contributed by atoms with Crippen LogP contribution >= 0.6 is 0 Å². The van der Waals surface area contributed by atoms with Gasteiger partial charge in [-0.1, -0.05) is 6.92 Å². The van der Waals surface area contributed by atoms with Crippen LogP contribution in [0.25, 0.3) is 0 Å². The molecule has 1 saturated heterocycles. The van der Waals surface area contributed by atoms with Crippen LogP contribution in [-0.4, -0.2) is 18.5 Å². The van der Waals surface area contributed by atoms with E-state index in [0.717, 1.165) is 32.2 Å². The van der Waals surface area contributed by atoms with Gasteiger partial charge in [-0.2, -0.15) is 0 Å². The van der Waals surface area contributed by atoms with Gasteiger partial charge in [0.25, 0.3) is 0 Å². The summed E-state index contributed by atoms with van der Waals surface area (Å²) < 4.78 is 5.27. The van der Waals surface area contributed by atoms with Crippen molar-refractivity contribution < 1.29 is 9.53 Å². The van der Waals surface area contributed by atoms with Gasteiger partial charge in [-0.15, -0.1) is 0 Å². The quantitative estimate of drug-likeness (QED) is 0.521. The second-order valence-corrected chi connectivity index (χ2v) is 2.49. The van der Waals surface area contributed by atoms with Crippen molar-refractivity contribution in [2.45, 2.75) is 31.8 Å². The Morgan fingerprint density at radius 3 is 2.78 bits per heavy atom. The van der Waals surface area contributed by atoms with Crippen molar-refractivity contribution >= 4 is 6.29 Å². The molecule has 1 rings (SSSR count). The lowest BCUT2D eigenvalue weighted by Gasteiger charge is -2.17. The van der Waals surface area contributed by atoms with E-state index in [1.165, 1.54) is 0 Å². The van der Waals surface area contributed by atoms with E-state index in [2.05, 4.69) is 0 Å². The zero-order valence-electron chi connectivity index (χ0n) is 5.72. The van der Waals surface area contributed by atoms with Gasteiger partial charge in [-0.3, -0.25) is 0 Å². The van der Waals surface area contributed by atoms with Crippen LogP contribution in [-0.2, 0) is 9.53 Å². The highest BCUT2D eigenvalue weighted by Gasteiger charge is 2.32. The van der Waals surface area contributed by atoms with Crippen LogP contribution in [0.5, 0.6) is 0 Å². The summed E-state index contributed by atoms with van der Waals surface area (Å²) in [6.45, 7) is 2.74. The number of rotatable bonds is 2. The first kappa shape index (κ1) is 6.75. The monoisotopic (exact) mass is 128 g/mol. The molecule has 1 aliphatic rings. The predicted molar refractivity (Wildman–Crippen MR) is 34.3 cm³/mol. The highest BCUT2D eigenvalue weighted by molar-refractivity contribution is 5.62. The lowest BCUT2D eigenvalue weighted by atomic mass is 9.99.